The fourth-order valence-electron chi connectivity index (χ4n) is 3.70. The molecule has 128 valence electrons. The van der Waals surface area contributed by atoms with Crippen molar-refractivity contribution in [3.63, 3.8) is 0 Å². The zero-order chi connectivity index (χ0) is 15.8. The van der Waals surface area contributed by atoms with Crippen LogP contribution in [0.3, 0.4) is 0 Å². The highest BCUT2D eigenvalue weighted by molar-refractivity contribution is 5.80. The number of hydrogen-bond acceptors (Lipinski definition) is 3. The Bertz CT molecular complexity index is 348. The van der Waals surface area contributed by atoms with Crippen molar-refractivity contribution in [2.24, 2.45) is 10.9 Å². The summed E-state index contributed by atoms with van der Waals surface area (Å²) in [6.45, 7) is 11.7. The number of likely N-dealkylation sites (tertiary alicyclic amines) is 2. The monoisotopic (exact) mass is 310 g/mol. The van der Waals surface area contributed by atoms with Crippen LogP contribution in [0, 0.1) is 5.92 Å². The molecule has 0 aromatic carbocycles. The highest BCUT2D eigenvalue weighted by Gasteiger charge is 2.26. The van der Waals surface area contributed by atoms with Gasteiger partial charge >= 0.3 is 0 Å². The molecule has 0 spiro atoms. The molecule has 0 radical (unpaired) electrons. The molecular formula is C17H34N4O. The van der Waals surface area contributed by atoms with E-state index in [1.165, 1.54) is 32.2 Å². The number of ether oxygens (including phenoxy) is 1. The number of piperidine rings is 1. The number of methoxy groups -OCH3 is 1. The topological polar surface area (TPSA) is 40.1 Å². The molecule has 2 unspecified atom stereocenters. The summed E-state index contributed by atoms with van der Waals surface area (Å²) in [5.41, 5.74) is 0. The number of hydrogen-bond donors (Lipinski definition) is 1. The normalized spacial score (nSPS) is 27.4. The van der Waals surface area contributed by atoms with Crippen LogP contribution in [-0.2, 0) is 4.74 Å². The lowest BCUT2D eigenvalue weighted by Gasteiger charge is -2.34. The van der Waals surface area contributed by atoms with Crippen molar-refractivity contribution < 1.29 is 4.74 Å². The molecule has 2 saturated heterocycles. The molecule has 2 aliphatic heterocycles. The molecule has 2 rings (SSSR count). The van der Waals surface area contributed by atoms with E-state index < -0.39 is 0 Å². The first kappa shape index (κ1) is 17.5. The van der Waals surface area contributed by atoms with E-state index in [0.29, 0.717) is 12.0 Å². The first-order valence-corrected chi connectivity index (χ1v) is 9.04. The number of nitrogens with zero attached hydrogens (tertiary/aromatic N) is 3. The molecule has 0 amide bonds. The Morgan fingerprint density at radius 3 is 2.82 bits per heavy atom. The van der Waals surface area contributed by atoms with Gasteiger partial charge < -0.3 is 15.0 Å². The van der Waals surface area contributed by atoms with Crippen LogP contribution in [0.2, 0.25) is 0 Å². The quantitative estimate of drug-likeness (QED) is 0.600. The van der Waals surface area contributed by atoms with E-state index in [1.807, 2.05) is 0 Å². The number of rotatable bonds is 6. The molecule has 5 heteroatoms. The zero-order valence-electron chi connectivity index (χ0n) is 14.7. The molecule has 2 fully saturated rings. The average molecular weight is 310 g/mol. The number of guanidine groups is 1. The standard InChI is InChI=1S/C17H34N4O/c1-4-18-17(21-11-9-15(13-21)14-22-3)19-12-16-8-6-7-10-20(16)5-2/h15-16H,4-14H2,1-3H3,(H,18,19). The van der Waals surface area contributed by atoms with Gasteiger partial charge in [-0.25, -0.2) is 0 Å². The molecule has 0 bridgehead atoms. The SMILES string of the molecule is CCNC(=NCC1CCCCN1CC)N1CCC(COC)C1. The van der Waals surface area contributed by atoms with Crippen LogP contribution in [0.25, 0.3) is 0 Å². The molecule has 0 aromatic heterocycles. The third-order valence-electron chi connectivity index (χ3n) is 4.93. The van der Waals surface area contributed by atoms with Crippen molar-refractivity contribution in [1.82, 2.24) is 15.1 Å². The molecule has 2 heterocycles. The summed E-state index contributed by atoms with van der Waals surface area (Å²) in [6.07, 6.45) is 5.21. The van der Waals surface area contributed by atoms with Crippen molar-refractivity contribution in [1.29, 1.82) is 0 Å². The molecule has 0 saturated carbocycles. The summed E-state index contributed by atoms with van der Waals surface area (Å²) in [6, 6.07) is 0.629. The third kappa shape index (κ3) is 4.85. The lowest BCUT2D eigenvalue weighted by molar-refractivity contribution is 0.156. The molecular weight excluding hydrogens is 276 g/mol. The Morgan fingerprint density at radius 2 is 2.09 bits per heavy atom. The summed E-state index contributed by atoms with van der Waals surface area (Å²) in [5.74, 6) is 1.75. The maximum Gasteiger partial charge on any atom is 0.193 e. The van der Waals surface area contributed by atoms with Gasteiger partial charge in [0.25, 0.3) is 0 Å². The van der Waals surface area contributed by atoms with Crippen molar-refractivity contribution in [2.75, 3.05) is 53.0 Å². The molecule has 1 N–H and O–H groups in total. The lowest BCUT2D eigenvalue weighted by Crippen LogP contribution is -2.44. The van der Waals surface area contributed by atoms with Crippen LogP contribution in [0.4, 0.5) is 0 Å². The van der Waals surface area contributed by atoms with Gasteiger partial charge in [0.05, 0.1) is 13.2 Å². The second-order valence-electron chi connectivity index (χ2n) is 6.53. The van der Waals surface area contributed by atoms with Crippen LogP contribution < -0.4 is 5.32 Å². The maximum absolute atomic E-state index is 5.30. The Balaban J connectivity index is 1.92. The van der Waals surface area contributed by atoms with E-state index in [1.54, 1.807) is 7.11 Å². The van der Waals surface area contributed by atoms with E-state index in [-0.39, 0.29) is 0 Å². The lowest BCUT2D eigenvalue weighted by atomic mass is 10.0. The first-order valence-electron chi connectivity index (χ1n) is 9.04. The van der Waals surface area contributed by atoms with Gasteiger partial charge in [-0.15, -0.1) is 0 Å². The second-order valence-corrected chi connectivity index (χ2v) is 6.53. The minimum absolute atomic E-state index is 0.629. The van der Waals surface area contributed by atoms with Gasteiger partial charge in [-0.3, -0.25) is 9.89 Å². The predicted molar refractivity (Wildman–Crippen MR) is 92.4 cm³/mol. The Hall–Kier alpha value is -0.810. The van der Waals surface area contributed by atoms with Crippen molar-refractivity contribution >= 4 is 5.96 Å². The molecule has 22 heavy (non-hydrogen) atoms. The molecule has 2 aliphatic rings. The Kier molecular flexibility index (Phi) is 7.46. The van der Waals surface area contributed by atoms with Crippen molar-refractivity contribution in [3.8, 4) is 0 Å². The van der Waals surface area contributed by atoms with Gasteiger partial charge in [-0.2, -0.15) is 0 Å². The van der Waals surface area contributed by atoms with E-state index in [0.717, 1.165) is 45.3 Å². The highest BCUT2D eigenvalue weighted by Crippen LogP contribution is 2.18. The number of aliphatic imine (C=N–C) groups is 1. The zero-order valence-corrected chi connectivity index (χ0v) is 14.7. The molecule has 0 aliphatic carbocycles. The summed E-state index contributed by atoms with van der Waals surface area (Å²) in [5, 5.41) is 3.48. The largest absolute Gasteiger partial charge is 0.384 e. The van der Waals surface area contributed by atoms with Gasteiger partial charge in [0.15, 0.2) is 5.96 Å². The molecule has 2 atom stereocenters. The minimum atomic E-state index is 0.629. The van der Waals surface area contributed by atoms with Gasteiger partial charge in [0.1, 0.15) is 0 Å². The fourth-order valence-corrected chi connectivity index (χ4v) is 3.70. The van der Waals surface area contributed by atoms with E-state index in [9.17, 15) is 0 Å². The van der Waals surface area contributed by atoms with Crippen LogP contribution >= 0.6 is 0 Å². The van der Waals surface area contributed by atoms with Gasteiger partial charge in [-0.05, 0) is 39.3 Å². The Morgan fingerprint density at radius 1 is 1.23 bits per heavy atom. The van der Waals surface area contributed by atoms with Crippen LogP contribution in [0.15, 0.2) is 4.99 Å². The van der Waals surface area contributed by atoms with Gasteiger partial charge in [0, 0.05) is 38.7 Å². The maximum atomic E-state index is 5.30. The molecule has 0 aromatic rings. The molecule has 5 nitrogen and oxygen atoms in total. The second kappa shape index (κ2) is 9.36. The van der Waals surface area contributed by atoms with Crippen molar-refractivity contribution in [3.05, 3.63) is 0 Å². The Labute approximate surface area is 136 Å². The van der Waals surface area contributed by atoms with Crippen LogP contribution in [0.5, 0.6) is 0 Å². The smallest absolute Gasteiger partial charge is 0.193 e. The third-order valence-corrected chi connectivity index (χ3v) is 4.93. The predicted octanol–water partition coefficient (Wildman–Crippen LogP) is 1.79. The minimum Gasteiger partial charge on any atom is -0.384 e. The van der Waals surface area contributed by atoms with Crippen molar-refractivity contribution in [2.45, 2.75) is 45.6 Å². The summed E-state index contributed by atoms with van der Waals surface area (Å²) in [7, 11) is 1.80. The average Bonchev–Trinajstić information content (AvgIpc) is 3.00. The number of nitrogens with one attached hydrogen (secondary N) is 1. The summed E-state index contributed by atoms with van der Waals surface area (Å²) >= 11 is 0. The first-order chi connectivity index (χ1) is 10.8. The van der Waals surface area contributed by atoms with E-state index in [2.05, 4.69) is 29.0 Å². The van der Waals surface area contributed by atoms with E-state index in [4.69, 9.17) is 9.73 Å². The summed E-state index contributed by atoms with van der Waals surface area (Å²) < 4.78 is 5.30. The fraction of sp³-hybridized carbons (Fsp3) is 0.941. The highest BCUT2D eigenvalue weighted by atomic mass is 16.5. The van der Waals surface area contributed by atoms with Gasteiger partial charge in [0.2, 0.25) is 0 Å². The summed E-state index contributed by atoms with van der Waals surface area (Å²) in [4.78, 5) is 9.96. The van der Waals surface area contributed by atoms with Gasteiger partial charge in [-0.1, -0.05) is 13.3 Å². The number of likely N-dealkylation sites (N-methyl/N-ethyl adjacent to an activating group) is 1. The van der Waals surface area contributed by atoms with E-state index >= 15 is 0 Å². The van der Waals surface area contributed by atoms with Crippen LogP contribution in [0.1, 0.15) is 39.5 Å². The van der Waals surface area contributed by atoms with Crippen LogP contribution in [-0.4, -0.2) is 74.8 Å².